The third-order valence-corrected chi connectivity index (χ3v) is 7.21. The first kappa shape index (κ1) is 15.8. The maximum atomic E-state index is 4.80. The Labute approximate surface area is 178 Å². The van der Waals surface area contributed by atoms with Crippen molar-refractivity contribution in [3.63, 3.8) is 0 Å². The summed E-state index contributed by atoms with van der Waals surface area (Å²) in [6.45, 7) is 0. The van der Waals surface area contributed by atoms with Crippen molar-refractivity contribution in [1.29, 1.82) is 0 Å². The zero-order valence-electron chi connectivity index (χ0n) is 16.8. The first-order valence-electron chi connectivity index (χ1n) is 10.8. The number of aromatic nitrogens is 3. The lowest BCUT2D eigenvalue weighted by Crippen LogP contribution is -1.93. The van der Waals surface area contributed by atoms with Gasteiger partial charge in [0.2, 0.25) is 0 Å². The number of hydrogen-bond donors (Lipinski definition) is 0. The monoisotopic (exact) mass is 395 g/mol. The standard InChI is InChI=1S/C28H17N3/c1-2-4-19-16(3-1)13-17-5-7-20-22(25(17)19)14-18-6-8-21-23-15-29-10-9-24(23)31-12-11-30-28(31)27(21)26(18)20/h1-12,15H,13-14H2. The highest BCUT2D eigenvalue weighted by molar-refractivity contribution is 6.18. The second-order valence-electron chi connectivity index (χ2n) is 8.67. The van der Waals surface area contributed by atoms with E-state index in [-0.39, 0.29) is 0 Å². The maximum Gasteiger partial charge on any atom is 0.145 e. The molecule has 31 heavy (non-hydrogen) atoms. The maximum absolute atomic E-state index is 4.80. The Bertz CT molecular complexity index is 1740. The van der Waals surface area contributed by atoms with E-state index in [1.807, 2.05) is 18.6 Å². The predicted molar refractivity (Wildman–Crippen MR) is 124 cm³/mol. The fourth-order valence-electron chi connectivity index (χ4n) is 5.96. The summed E-state index contributed by atoms with van der Waals surface area (Å²) in [4.78, 5) is 9.23. The summed E-state index contributed by atoms with van der Waals surface area (Å²) in [5.74, 6) is 0. The molecule has 0 aliphatic heterocycles. The van der Waals surface area contributed by atoms with Gasteiger partial charge in [-0.15, -0.1) is 0 Å². The van der Waals surface area contributed by atoms with E-state index in [1.54, 1.807) is 0 Å². The lowest BCUT2D eigenvalue weighted by molar-refractivity contribution is 1.23. The van der Waals surface area contributed by atoms with Crippen molar-refractivity contribution in [2.75, 3.05) is 0 Å². The molecule has 0 unspecified atom stereocenters. The molecule has 6 aromatic rings. The molecule has 3 aromatic carbocycles. The smallest absolute Gasteiger partial charge is 0.145 e. The van der Waals surface area contributed by atoms with Crippen molar-refractivity contribution >= 4 is 27.3 Å². The third kappa shape index (κ3) is 1.85. The predicted octanol–water partition coefficient (Wildman–Crippen LogP) is 6.18. The fraction of sp³-hybridized carbons (Fsp3) is 0.0714. The molecule has 144 valence electrons. The van der Waals surface area contributed by atoms with Crippen LogP contribution in [0.5, 0.6) is 0 Å². The summed E-state index contributed by atoms with van der Waals surface area (Å²) >= 11 is 0. The Kier molecular flexibility index (Phi) is 2.74. The first-order valence-corrected chi connectivity index (χ1v) is 10.8. The van der Waals surface area contributed by atoms with Gasteiger partial charge >= 0.3 is 0 Å². The molecular formula is C28H17N3. The van der Waals surface area contributed by atoms with Crippen LogP contribution in [0.1, 0.15) is 22.3 Å². The van der Waals surface area contributed by atoms with E-state index in [4.69, 9.17) is 4.98 Å². The number of benzene rings is 3. The summed E-state index contributed by atoms with van der Waals surface area (Å²) in [7, 11) is 0. The molecule has 0 amide bonds. The van der Waals surface area contributed by atoms with Crippen LogP contribution in [0.4, 0.5) is 0 Å². The van der Waals surface area contributed by atoms with Crippen LogP contribution in [-0.4, -0.2) is 14.4 Å². The van der Waals surface area contributed by atoms with Crippen molar-refractivity contribution in [3.05, 3.63) is 102 Å². The Morgan fingerprint density at radius 3 is 2.61 bits per heavy atom. The molecular weight excluding hydrogens is 378 g/mol. The summed E-state index contributed by atoms with van der Waals surface area (Å²) in [6, 6.07) is 20.2. The van der Waals surface area contributed by atoms with Gasteiger partial charge in [0.1, 0.15) is 5.65 Å². The molecule has 0 spiro atoms. The summed E-state index contributed by atoms with van der Waals surface area (Å²) in [6.07, 6.45) is 9.83. The Morgan fingerprint density at radius 1 is 0.710 bits per heavy atom. The lowest BCUT2D eigenvalue weighted by Gasteiger charge is -2.13. The normalized spacial score (nSPS) is 13.5. The van der Waals surface area contributed by atoms with Crippen molar-refractivity contribution in [3.8, 4) is 22.3 Å². The largest absolute Gasteiger partial charge is 0.299 e. The number of nitrogens with zero attached hydrogens (tertiary/aromatic N) is 3. The molecule has 0 fully saturated rings. The van der Waals surface area contributed by atoms with Gasteiger partial charge in [0.15, 0.2) is 0 Å². The quantitative estimate of drug-likeness (QED) is 0.287. The van der Waals surface area contributed by atoms with E-state index in [1.165, 1.54) is 60.7 Å². The number of fused-ring (bicyclic) bond motifs is 14. The van der Waals surface area contributed by atoms with Crippen LogP contribution in [0.15, 0.2) is 79.4 Å². The van der Waals surface area contributed by atoms with Crippen molar-refractivity contribution in [2.24, 2.45) is 0 Å². The molecule has 3 aromatic heterocycles. The van der Waals surface area contributed by atoms with Crippen molar-refractivity contribution in [1.82, 2.24) is 14.4 Å². The minimum atomic E-state index is 0.982. The lowest BCUT2D eigenvalue weighted by atomic mass is 9.93. The molecule has 0 bridgehead atoms. The van der Waals surface area contributed by atoms with Crippen LogP contribution < -0.4 is 0 Å². The highest BCUT2D eigenvalue weighted by atomic mass is 15.0. The second kappa shape index (κ2) is 5.38. The van der Waals surface area contributed by atoms with Gasteiger partial charge in [0, 0.05) is 35.6 Å². The number of pyridine rings is 2. The topological polar surface area (TPSA) is 30.2 Å². The highest BCUT2D eigenvalue weighted by Crippen LogP contribution is 2.50. The van der Waals surface area contributed by atoms with E-state index >= 15 is 0 Å². The average Bonchev–Trinajstić information content (AvgIpc) is 3.53. The Hall–Kier alpha value is -3.98. The van der Waals surface area contributed by atoms with E-state index < -0.39 is 0 Å². The van der Waals surface area contributed by atoms with Gasteiger partial charge in [0.05, 0.1) is 5.52 Å². The zero-order valence-corrected chi connectivity index (χ0v) is 16.8. The summed E-state index contributed by atoms with van der Waals surface area (Å²) in [5, 5.41) is 3.65. The van der Waals surface area contributed by atoms with Gasteiger partial charge < -0.3 is 0 Å². The van der Waals surface area contributed by atoms with E-state index in [0.29, 0.717) is 0 Å². The van der Waals surface area contributed by atoms with Crippen LogP contribution in [0, 0.1) is 0 Å². The number of imidazole rings is 1. The third-order valence-electron chi connectivity index (χ3n) is 7.21. The van der Waals surface area contributed by atoms with Gasteiger partial charge in [-0.2, -0.15) is 0 Å². The molecule has 0 saturated carbocycles. The van der Waals surface area contributed by atoms with Gasteiger partial charge in [-0.05, 0) is 68.8 Å². The van der Waals surface area contributed by atoms with E-state index in [9.17, 15) is 0 Å². The molecule has 0 saturated heterocycles. The van der Waals surface area contributed by atoms with E-state index in [0.717, 1.165) is 24.0 Å². The summed E-state index contributed by atoms with van der Waals surface area (Å²) < 4.78 is 2.21. The van der Waals surface area contributed by atoms with E-state index in [2.05, 4.69) is 70.2 Å². The Morgan fingerprint density at radius 2 is 1.61 bits per heavy atom. The SMILES string of the molecule is c1ccc2c(c1)Cc1ccc3c(c1-2)Cc1ccc2c4cnccc4n4ccnc4c2c1-3. The molecule has 2 aliphatic carbocycles. The van der Waals surface area contributed by atoms with Crippen LogP contribution >= 0.6 is 0 Å². The van der Waals surface area contributed by atoms with Crippen LogP contribution in [0.2, 0.25) is 0 Å². The second-order valence-corrected chi connectivity index (χ2v) is 8.67. The Balaban J connectivity index is 1.54. The van der Waals surface area contributed by atoms with Crippen molar-refractivity contribution < 1.29 is 0 Å². The van der Waals surface area contributed by atoms with Crippen LogP contribution in [-0.2, 0) is 12.8 Å². The molecule has 2 aliphatic rings. The fourth-order valence-corrected chi connectivity index (χ4v) is 5.96. The number of hydrogen-bond acceptors (Lipinski definition) is 2. The number of rotatable bonds is 0. The molecule has 3 nitrogen and oxygen atoms in total. The molecule has 3 heteroatoms. The molecule has 8 rings (SSSR count). The highest BCUT2D eigenvalue weighted by Gasteiger charge is 2.30. The average molecular weight is 395 g/mol. The minimum absolute atomic E-state index is 0.982. The van der Waals surface area contributed by atoms with Crippen LogP contribution in [0.3, 0.4) is 0 Å². The van der Waals surface area contributed by atoms with Gasteiger partial charge in [-0.3, -0.25) is 9.38 Å². The molecule has 0 atom stereocenters. The van der Waals surface area contributed by atoms with Gasteiger partial charge in [-0.1, -0.05) is 48.5 Å². The zero-order chi connectivity index (χ0) is 20.1. The summed E-state index contributed by atoms with van der Waals surface area (Å²) in [5.41, 5.74) is 13.5. The minimum Gasteiger partial charge on any atom is -0.299 e. The van der Waals surface area contributed by atoms with Gasteiger partial charge in [0.25, 0.3) is 0 Å². The van der Waals surface area contributed by atoms with Crippen LogP contribution in [0.25, 0.3) is 49.6 Å². The first-order chi connectivity index (χ1) is 15.4. The molecule has 0 radical (unpaired) electrons. The molecule has 3 heterocycles. The van der Waals surface area contributed by atoms with Gasteiger partial charge in [-0.25, -0.2) is 4.98 Å². The molecule has 0 N–H and O–H groups in total. The van der Waals surface area contributed by atoms with Crippen molar-refractivity contribution in [2.45, 2.75) is 12.8 Å².